The largest absolute Gasteiger partial charge is 0.477 e. The molecule has 1 aromatic rings. The van der Waals surface area contributed by atoms with Crippen LogP contribution in [-0.2, 0) is 6.54 Å². The van der Waals surface area contributed by atoms with Gasteiger partial charge in [0.1, 0.15) is 0 Å². The van der Waals surface area contributed by atoms with Gasteiger partial charge < -0.3 is 15.4 Å². The van der Waals surface area contributed by atoms with Crippen molar-refractivity contribution in [3.63, 3.8) is 0 Å². The van der Waals surface area contributed by atoms with Gasteiger partial charge in [-0.25, -0.2) is 4.98 Å². The molecule has 0 aliphatic heterocycles. The molecule has 5 nitrogen and oxygen atoms in total. The molecule has 2 aliphatic carbocycles. The Kier molecular flexibility index (Phi) is 6.24. The summed E-state index contributed by atoms with van der Waals surface area (Å²) in [7, 11) is 1.83. The minimum Gasteiger partial charge on any atom is -0.477 e. The molecular formula is C18H28N4OS. The predicted octanol–water partition coefficient (Wildman–Crippen LogP) is 2.82. The van der Waals surface area contributed by atoms with E-state index in [1.165, 1.54) is 32.1 Å². The number of guanidine groups is 1. The number of hydrogen-bond acceptors (Lipinski definition) is 4. The van der Waals surface area contributed by atoms with E-state index in [-0.39, 0.29) is 0 Å². The summed E-state index contributed by atoms with van der Waals surface area (Å²) >= 11 is 1.97. The highest BCUT2D eigenvalue weighted by atomic mass is 32.2. The van der Waals surface area contributed by atoms with Gasteiger partial charge in [-0.15, -0.1) is 0 Å². The Morgan fingerprint density at radius 2 is 2.25 bits per heavy atom. The second-order valence-electron chi connectivity index (χ2n) is 6.69. The van der Waals surface area contributed by atoms with Gasteiger partial charge in [0, 0.05) is 37.1 Å². The molecular weight excluding hydrogens is 320 g/mol. The summed E-state index contributed by atoms with van der Waals surface area (Å²) in [4.78, 5) is 8.64. The van der Waals surface area contributed by atoms with Crippen molar-refractivity contribution in [2.75, 3.05) is 19.9 Å². The lowest BCUT2D eigenvalue weighted by Crippen LogP contribution is -2.42. The molecule has 0 saturated heterocycles. The molecule has 2 saturated carbocycles. The van der Waals surface area contributed by atoms with Crippen LogP contribution in [0, 0.1) is 5.92 Å². The van der Waals surface area contributed by atoms with E-state index in [4.69, 9.17) is 4.74 Å². The first kappa shape index (κ1) is 17.4. The molecule has 6 heteroatoms. The zero-order chi connectivity index (χ0) is 16.8. The molecule has 2 unspecified atom stereocenters. The van der Waals surface area contributed by atoms with Crippen LogP contribution in [0.4, 0.5) is 0 Å². The van der Waals surface area contributed by atoms with Gasteiger partial charge in [-0.05, 0) is 55.9 Å². The molecule has 0 radical (unpaired) electrons. The van der Waals surface area contributed by atoms with Crippen LogP contribution in [0.15, 0.2) is 23.3 Å². The fourth-order valence-electron chi connectivity index (χ4n) is 2.99. The lowest BCUT2D eigenvalue weighted by molar-refractivity contribution is 0.288. The summed E-state index contributed by atoms with van der Waals surface area (Å²) in [6, 6.07) is 4.56. The quantitative estimate of drug-likeness (QED) is 0.586. The van der Waals surface area contributed by atoms with E-state index in [0.717, 1.165) is 41.7 Å². The molecule has 2 aliphatic rings. The first-order chi connectivity index (χ1) is 11.8. The van der Waals surface area contributed by atoms with Crippen LogP contribution in [0.2, 0.25) is 0 Å². The third-order valence-electron chi connectivity index (χ3n) is 4.71. The van der Waals surface area contributed by atoms with E-state index in [9.17, 15) is 0 Å². The number of thioether (sulfide) groups is 1. The maximum Gasteiger partial charge on any atom is 0.213 e. The van der Waals surface area contributed by atoms with Crippen LogP contribution in [0.5, 0.6) is 5.88 Å². The lowest BCUT2D eigenvalue weighted by atomic mass is 10.2. The molecule has 1 aromatic heterocycles. The molecule has 24 heavy (non-hydrogen) atoms. The average molecular weight is 349 g/mol. The van der Waals surface area contributed by atoms with Gasteiger partial charge in [0.25, 0.3) is 0 Å². The highest BCUT2D eigenvalue weighted by Crippen LogP contribution is 2.29. The number of pyridine rings is 1. The van der Waals surface area contributed by atoms with Crippen LogP contribution in [0.1, 0.15) is 37.7 Å². The maximum absolute atomic E-state index is 5.75. The highest BCUT2D eigenvalue weighted by Gasteiger charge is 2.24. The minimum absolute atomic E-state index is 0.531. The van der Waals surface area contributed by atoms with Crippen molar-refractivity contribution in [1.29, 1.82) is 0 Å². The first-order valence-corrected chi connectivity index (χ1v) is 10.1. The second-order valence-corrected chi connectivity index (χ2v) is 7.83. The summed E-state index contributed by atoms with van der Waals surface area (Å²) in [6.45, 7) is 1.52. The zero-order valence-corrected chi connectivity index (χ0v) is 15.4. The van der Waals surface area contributed by atoms with Gasteiger partial charge in [-0.3, -0.25) is 4.99 Å². The average Bonchev–Trinajstić information content (AvgIpc) is 3.34. The fourth-order valence-corrected chi connectivity index (χ4v) is 3.78. The number of hydrogen-bond donors (Lipinski definition) is 2. The SMILES string of the molecule is CN=C(NCc1ccnc(OCC2CC2)c1)NC1CCC(SC)C1. The Hall–Kier alpha value is -1.43. The Morgan fingerprint density at radius 3 is 2.96 bits per heavy atom. The van der Waals surface area contributed by atoms with Crippen LogP contribution < -0.4 is 15.4 Å². The Labute approximate surface area is 149 Å². The van der Waals surface area contributed by atoms with Gasteiger partial charge in [-0.2, -0.15) is 11.8 Å². The molecule has 0 spiro atoms. The molecule has 3 rings (SSSR count). The van der Waals surface area contributed by atoms with Gasteiger partial charge in [0.15, 0.2) is 5.96 Å². The predicted molar refractivity (Wildman–Crippen MR) is 101 cm³/mol. The lowest BCUT2D eigenvalue weighted by Gasteiger charge is -2.17. The first-order valence-electron chi connectivity index (χ1n) is 8.84. The van der Waals surface area contributed by atoms with E-state index < -0.39 is 0 Å². The van der Waals surface area contributed by atoms with Crippen molar-refractivity contribution in [3.8, 4) is 5.88 Å². The van der Waals surface area contributed by atoms with E-state index in [2.05, 4.69) is 26.9 Å². The third-order valence-corrected chi connectivity index (χ3v) is 5.80. The van der Waals surface area contributed by atoms with Gasteiger partial charge in [0.05, 0.1) is 6.61 Å². The molecule has 132 valence electrons. The Morgan fingerprint density at radius 1 is 1.38 bits per heavy atom. The Bertz CT molecular complexity index is 562. The van der Waals surface area contributed by atoms with Crippen molar-refractivity contribution in [3.05, 3.63) is 23.9 Å². The summed E-state index contributed by atoms with van der Waals surface area (Å²) in [5, 5.41) is 7.72. The van der Waals surface area contributed by atoms with Crippen molar-refractivity contribution in [2.24, 2.45) is 10.9 Å². The number of nitrogens with zero attached hydrogens (tertiary/aromatic N) is 2. The van der Waals surface area contributed by atoms with Crippen LogP contribution in [0.3, 0.4) is 0 Å². The number of aliphatic imine (C=N–C) groups is 1. The smallest absolute Gasteiger partial charge is 0.213 e. The summed E-state index contributed by atoms with van der Waals surface area (Å²) in [6.07, 6.45) is 10.3. The van der Waals surface area contributed by atoms with Crippen molar-refractivity contribution >= 4 is 17.7 Å². The maximum atomic E-state index is 5.75. The van der Waals surface area contributed by atoms with Crippen LogP contribution >= 0.6 is 11.8 Å². The molecule has 0 aromatic carbocycles. The molecule has 0 bridgehead atoms. The van der Waals surface area contributed by atoms with Gasteiger partial charge in [0.2, 0.25) is 5.88 Å². The van der Waals surface area contributed by atoms with Crippen molar-refractivity contribution in [2.45, 2.75) is 49.9 Å². The topological polar surface area (TPSA) is 58.5 Å². The van der Waals surface area contributed by atoms with Crippen LogP contribution in [-0.4, -0.2) is 42.1 Å². The summed E-state index contributed by atoms with van der Waals surface area (Å²) < 4.78 is 5.75. The van der Waals surface area contributed by atoms with E-state index in [1.54, 1.807) is 0 Å². The zero-order valence-electron chi connectivity index (χ0n) is 14.6. The molecule has 2 fully saturated rings. The van der Waals surface area contributed by atoms with Crippen molar-refractivity contribution in [1.82, 2.24) is 15.6 Å². The second kappa shape index (κ2) is 8.60. The highest BCUT2D eigenvalue weighted by molar-refractivity contribution is 7.99. The van der Waals surface area contributed by atoms with Gasteiger partial charge >= 0.3 is 0 Å². The number of aromatic nitrogens is 1. The third kappa shape index (κ3) is 5.30. The normalized spacial score (nSPS) is 24.0. The molecule has 2 N–H and O–H groups in total. The minimum atomic E-state index is 0.531. The monoisotopic (exact) mass is 348 g/mol. The fraction of sp³-hybridized carbons (Fsp3) is 0.667. The molecule has 0 amide bonds. The van der Waals surface area contributed by atoms with Crippen molar-refractivity contribution < 1.29 is 4.74 Å². The molecule has 1 heterocycles. The molecule has 2 atom stereocenters. The number of nitrogens with one attached hydrogen (secondary N) is 2. The van der Waals surface area contributed by atoms with E-state index >= 15 is 0 Å². The summed E-state index contributed by atoms with van der Waals surface area (Å²) in [5.41, 5.74) is 1.16. The Balaban J connectivity index is 1.45. The summed E-state index contributed by atoms with van der Waals surface area (Å²) in [5.74, 6) is 2.34. The number of rotatable bonds is 7. The number of ether oxygens (including phenoxy) is 1. The van der Waals surface area contributed by atoms with Gasteiger partial charge in [-0.1, -0.05) is 0 Å². The standard InChI is InChI=1S/C18H28N4OS/c1-19-18(22-15-5-6-16(10-15)24-2)21-11-14-7-8-20-17(9-14)23-12-13-3-4-13/h7-9,13,15-16H,3-6,10-12H2,1-2H3,(H2,19,21,22). The van der Waals surface area contributed by atoms with E-state index in [0.29, 0.717) is 6.04 Å². The van der Waals surface area contributed by atoms with Crippen LogP contribution in [0.25, 0.3) is 0 Å². The van der Waals surface area contributed by atoms with E-state index in [1.807, 2.05) is 37.1 Å².